The van der Waals surface area contributed by atoms with Crippen molar-refractivity contribution in [2.75, 3.05) is 12.3 Å². The van der Waals surface area contributed by atoms with Crippen LogP contribution in [0.15, 0.2) is 37.1 Å². The first kappa shape index (κ1) is 18.7. The van der Waals surface area contributed by atoms with Crippen LogP contribution >= 0.6 is 0 Å². The summed E-state index contributed by atoms with van der Waals surface area (Å²) in [4.78, 5) is 12.1. The van der Waals surface area contributed by atoms with Crippen LogP contribution in [-0.4, -0.2) is 47.7 Å². The molecular weight excluding hydrogens is 365 g/mol. The lowest BCUT2D eigenvalue weighted by Gasteiger charge is -2.29. The van der Waals surface area contributed by atoms with Gasteiger partial charge in [-0.3, -0.25) is 0 Å². The zero-order valence-corrected chi connectivity index (χ0v) is 14.0. The van der Waals surface area contributed by atoms with Gasteiger partial charge in [0.25, 0.3) is 0 Å². The average molecular weight is 380 g/mol. The van der Waals surface area contributed by atoms with Crippen molar-refractivity contribution in [3.05, 3.63) is 48.2 Å². The molecule has 142 valence electrons. The highest BCUT2D eigenvalue weighted by molar-refractivity contribution is 5.66. The second-order valence-corrected chi connectivity index (χ2v) is 5.85. The molecule has 0 saturated heterocycles. The summed E-state index contributed by atoms with van der Waals surface area (Å²) in [5.41, 5.74) is 2.97. The third-order valence-corrected chi connectivity index (χ3v) is 4.11. The number of nitrogens with two attached hydrogens (primary N) is 1. The number of hydrogen-bond donors (Lipinski definition) is 3. The van der Waals surface area contributed by atoms with Gasteiger partial charge in [0.2, 0.25) is 5.60 Å². The number of aromatic nitrogens is 5. The zero-order chi connectivity index (χ0) is 19.8. The molecule has 0 saturated carbocycles. The first-order chi connectivity index (χ1) is 12.7. The number of halogens is 3. The van der Waals surface area contributed by atoms with Crippen LogP contribution in [0.3, 0.4) is 0 Å². The van der Waals surface area contributed by atoms with Gasteiger partial charge in [-0.1, -0.05) is 12.1 Å². The second kappa shape index (κ2) is 6.59. The minimum Gasteiger partial charge on any atom is -0.393 e. The van der Waals surface area contributed by atoms with E-state index in [9.17, 15) is 23.4 Å². The lowest BCUT2D eigenvalue weighted by molar-refractivity contribution is -0.277. The molecule has 0 amide bonds. The van der Waals surface area contributed by atoms with E-state index in [1.807, 2.05) is 0 Å². The highest BCUT2D eigenvalue weighted by Crippen LogP contribution is 2.40. The van der Waals surface area contributed by atoms with Gasteiger partial charge in [0, 0.05) is 5.56 Å². The number of nitrogens with zero attached hydrogens (tertiary/aromatic N) is 5. The summed E-state index contributed by atoms with van der Waals surface area (Å²) in [6.07, 6.45) is -1.15. The number of nitrogen functional groups attached to an aromatic ring is 1. The van der Waals surface area contributed by atoms with Crippen molar-refractivity contribution < 1.29 is 23.4 Å². The van der Waals surface area contributed by atoms with Crippen molar-refractivity contribution in [3.8, 4) is 17.1 Å². The maximum absolute atomic E-state index is 13.3. The Balaban J connectivity index is 2.15. The molecule has 3 aromatic rings. The summed E-state index contributed by atoms with van der Waals surface area (Å²) >= 11 is 0. The fourth-order valence-electron chi connectivity index (χ4n) is 2.50. The summed E-state index contributed by atoms with van der Waals surface area (Å²) < 4.78 is 41.0. The molecular formula is C16H15F3N6O2. The summed E-state index contributed by atoms with van der Waals surface area (Å²) in [5, 5.41) is 23.1. The van der Waals surface area contributed by atoms with Crippen LogP contribution in [-0.2, 0) is 5.60 Å². The molecule has 0 radical (unpaired) electrons. The van der Waals surface area contributed by atoms with E-state index in [2.05, 4.69) is 20.1 Å². The van der Waals surface area contributed by atoms with Crippen LogP contribution in [0.4, 0.5) is 19.0 Å². The molecule has 2 aromatic heterocycles. The Morgan fingerprint density at radius 3 is 2.59 bits per heavy atom. The van der Waals surface area contributed by atoms with Crippen LogP contribution in [0.25, 0.3) is 17.1 Å². The van der Waals surface area contributed by atoms with Crippen molar-refractivity contribution in [3.63, 3.8) is 0 Å². The predicted octanol–water partition coefficient (Wildman–Crippen LogP) is 1.36. The molecule has 1 aromatic carbocycles. The van der Waals surface area contributed by atoms with E-state index in [0.29, 0.717) is 5.56 Å². The molecule has 0 unspecified atom stereocenters. The molecule has 11 heteroatoms. The Morgan fingerprint density at radius 2 is 2.00 bits per heavy atom. The van der Waals surface area contributed by atoms with Crippen molar-refractivity contribution >= 4 is 5.82 Å². The van der Waals surface area contributed by atoms with Gasteiger partial charge in [-0.05, 0) is 24.1 Å². The SMILES string of the molecule is Cc1ccc([C@](O)(CO)C(F)(F)F)cc1-c1cnc(N)c(-n2cncn2)n1. The highest BCUT2D eigenvalue weighted by Gasteiger charge is 2.54. The number of hydrogen-bond acceptors (Lipinski definition) is 7. The van der Waals surface area contributed by atoms with Crippen LogP contribution in [0.2, 0.25) is 0 Å². The summed E-state index contributed by atoms with van der Waals surface area (Å²) in [5.74, 6) is 0.211. The Bertz CT molecular complexity index is 961. The predicted molar refractivity (Wildman–Crippen MR) is 88.6 cm³/mol. The number of aliphatic hydroxyl groups is 2. The Labute approximate surface area is 151 Å². The number of alkyl halides is 3. The number of aryl methyl sites for hydroxylation is 1. The number of rotatable bonds is 4. The molecule has 4 N–H and O–H groups in total. The quantitative estimate of drug-likeness (QED) is 0.624. The fourth-order valence-corrected chi connectivity index (χ4v) is 2.50. The van der Waals surface area contributed by atoms with E-state index in [0.717, 1.165) is 12.1 Å². The summed E-state index contributed by atoms with van der Waals surface area (Å²) in [6, 6.07) is 3.61. The summed E-state index contributed by atoms with van der Waals surface area (Å²) in [7, 11) is 0. The van der Waals surface area contributed by atoms with Gasteiger partial charge >= 0.3 is 6.18 Å². The van der Waals surface area contributed by atoms with E-state index >= 15 is 0 Å². The van der Waals surface area contributed by atoms with Gasteiger partial charge in [0.05, 0.1) is 18.5 Å². The second-order valence-electron chi connectivity index (χ2n) is 5.85. The van der Waals surface area contributed by atoms with Crippen molar-refractivity contribution in [1.82, 2.24) is 24.7 Å². The number of benzene rings is 1. The van der Waals surface area contributed by atoms with Crippen LogP contribution in [0.1, 0.15) is 11.1 Å². The molecule has 0 bridgehead atoms. The Hall–Kier alpha value is -3.05. The van der Waals surface area contributed by atoms with Gasteiger partial charge in [0.1, 0.15) is 12.7 Å². The van der Waals surface area contributed by atoms with E-state index < -0.39 is 23.9 Å². The minimum atomic E-state index is -5.06. The number of aliphatic hydroxyl groups excluding tert-OH is 1. The van der Waals surface area contributed by atoms with Crippen LogP contribution in [0.5, 0.6) is 0 Å². The maximum Gasteiger partial charge on any atom is 0.423 e. The topological polar surface area (TPSA) is 123 Å². The summed E-state index contributed by atoms with van der Waals surface area (Å²) in [6.45, 7) is 0.147. The lowest BCUT2D eigenvalue weighted by atomic mass is 9.90. The van der Waals surface area contributed by atoms with Gasteiger partial charge in [-0.25, -0.2) is 15.0 Å². The molecule has 0 fully saturated rings. The lowest BCUT2D eigenvalue weighted by Crippen LogP contribution is -2.45. The molecule has 27 heavy (non-hydrogen) atoms. The van der Waals surface area contributed by atoms with E-state index in [1.165, 1.54) is 29.6 Å². The van der Waals surface area contributed by atoms with Gasteiger partial charge in [-0.15, -0.1) is 0 Å². The molecule has 0 aliphatic carbocycles. The van der Waals surface area contributed by atoms with Gasteiger partial charge in [-0.2, -0.15) is 23.0 Å². The van der Waals surface area contributed by atoms with E-state index in [-0.39, 0.29) is 22.9 Å². The largest absolute Gasteiger partial charge is 0.423 e. The van der Waals surface area contributed by atoms with Crippen molar-refractivity contribution in [2.24, 2.45) is 0 Å². The smallest absolute Gasteiger partial charge is 0.393 e. The highest BCUT2D eigenvalue weighted by atomic mass is 19.4. The molecule has 0 spiro atoms. The molecule has 1 atom stereocenters. The van der Waals surface area contributed by atoms with E-state index in [4.69, 9.17) is 5.73 Å². The molecule has 0 aliphatic rings. The van der Waals surface area contributed by atoms with Crippen molar-refractivity contribution in [1.29, 1.82) is 0 Å². The Morgan fingerprint density at radius 1 is 1.26 bits per heavy atom. The minimum absolute atomic E-state index is 0.0558. The monoisotopic (exact) mass is 380 g/mol. The zero-order valence-electron chi connectivity index (χ0n) is 14.0. The van der Waals surface area contributed by atoms with Crippen molar-refractivity contribution in [2.45, 2.75) is 18.7 Å². The Kier molecular flexibility index (Phi) is 4.57. The third-order valence-electron chi connectivity index (χ3n) is 4.11. The first-order valence-corrected chi connectivity index (χ1v) is 7.66. The van der Waals surface area contributed by atoms with E-state index in [1.54, 1.807) is 6.92 Å². The number of anilines is 1. The van der Waals surface area contributed by atoms with Crippen LogP contribution in [0, 0.1) is 6.92 Å². The molecule has 3 rings (SSSR count). The van der Waals surface area contributed by atoms with Gasteiger partial charge < -0.3 is 15.9 Å². The van der Waals surface area contributed by atoms with Gasteiger partial charge in [0.15, 0.2) is 11.6 Å². The molecule has 2 heterocycles. The maximum atomic E-state index is 13.3. The molecule has 8 nitrogen and oxygen atoms in total. The van der Waals surface area contributed by atoms with Crippen LogP contribution < -0.4 is 5.73 Å². The third kappa shape index (κ3) is 3.22. The molecule has 0 aliphatic heterocycles. The first-order valence-electron chi connectivity index (χ1n) is 7.66. The normalized spacial score (nSPS) is 14.1. The fraction of sp³-hybridized carbons (Fsp3) is 0.250. The standard InChI is InChI=1S/C16H15F3N6O2/c1-9-2-3-10(15(27,6-26)16(17,18)19)4-11(9)12-5-22-13(20)14(24-12)25-8-21-7-23-25/h2-5,7-8,26-27H,6H2,1H3,(H2,20,22)/t15-/m1/s1. The average Bonchev–Trinajstić information content (AvgIpc) is 3.15.